The fourth-order valence-corrected chi connectivity index (χ4v) is 6.51. The first-order chi connectivity index (χ1) is 9.58. The summed E-state index contributed by atoms with van der Waals surface area (Å²) in [6, 6.07) is 0.311. The lowest BCUT2D eigenvalue weighted by Crippen LogP contribution is -2.61. The minimum Gasteiger partial charge on any atom is -0.311 e. The summed E-state index contributed by atoms with van der Waals surface area (Å²) >= 11 is 0. The fraction of sp³-hybridized carbons (Fsp3) is 1.00. The van der Waals surface area contributed by atoms with E-state index in [9.17, 15) is 12.8 Å². The van der Waals surface area contributed by atoms with Crippen molar-refractivity contribution in [1.29, 1.82) is 0 Å². The highest BCUT2D eigenvalue weighted by Gasteiger charge is 2.57. The van der Waals surface area contributed by atoms with Crippen LogP contribution in [0.2, 0.25) is 0 Å². The molecule has 0 heterocycles. The van der Waals surface area contributed by atoms with Crippen LogP contribution in [-0.2, 0) is 10.1 Å². The standard InChI is InChI=1S/C15H26FNO3S/c1-14-3-10-5-15(2,9-14)6-11(4-14)13(10)17-7-12(16)8-21(18,19)20/h10-13,17H,3-9H2,1-2H3,(H,18,19,20). The molecule has 1 unspecified atom stereocenters. The molecule has 122 valence electrons. The van der Waals surface area contributed by atoms with Crippen LogP contribution in [0.4, 0.5) is 4.39 Å². The second-order valence-corrected chi connectivity index (χ2v) is 9.91. The van der Waals surface area contributed by atoms with E-state index in [0.717, 1.165) is 0 Å². The maximum absolute atomic E-state index is 13.7. The summed E-state index contributed by atoms with van der Waals surface area (Å²) in [5.74, 6) is 0.357. The van der Waals surface area contributed by atoms with Crippen LogP contribution in [-0.4, -0.2) is 37.5 Å². The van der Waals surface area contributed by atoms with Crippen LogP contribution in [0, 0.1) is 22.7 Å². The lowest BCUT2D eigenvalue weighted by atomic mass is 9.44. The molecule has 21 heavy (non-hydrogen) atoms. The van der Waals surface area contributed by atoms with Gasteiger partial charge in [-0.3, -0.25) is 4.55 Å². The molecule has 0 spiro atoms. The number of nitrogens with one attached hydrogen (secondary N) is 1. The summed E-state index contributed by atoms with van der Waals surface area (Å²) in [6.45, 7) is 4.79. The molecular formula is C15H26FNO3S. The molecule has 4 saturated carbocycles. The van der Waals surface area contributed by atoms with Crippen molar-refractivity contribution in [2.75, 3.05) is 12.3 Å². The normalized spacial score (nSPS) is 46.8. The van der Waals surface area contributed by atoms with E-state index in [0.29, 0.717) is 28.7 Å². The van der Waals surface area contributed by atoms with Gasteiger partial charge in [0.05, 0.1) is 0 Å². The van der Waals surface area contributed by atoms with Gasteiger partial charge in [0, 0.05) is 12.6 Å². The number of rotatable bonds is 5. The zero-order chi connectivity index (χ0) is 15.5. The first kappa shape index (κ1) is 15.7. The van der Waals surface area contributed by atoms with E-state index in [1.54, 1.807) is 0 Å². The van der Waals surface area contributed by atoms with Crippen molar-refractivity contribution in [3.8, 4) is 0 Å². The average Bonchev–Trinajstić information content (AvgIpc) is 2.21. The van der Waals surface area contributed by atoms with Crippen LogP contribution >= 0.6 is 0 Å². The first-order valence-electron chi connectivity index (χ1n) is 7.90. The Kier molecular flexibility index (Phi) is 3.66. The Hall–Kier alpha value is -0.200. The Morgan fingerprint density at radius 2 is 1.67 bits per heavy atom. The van der Waals surface area contributed by atoms with E-state index in [2.05, 4.69) is 19.2 Å². The SMILES string of the molecule is CC12CC3CC(C)(CC(C1)C3NCC(F)CS(=O)(=O)O)C2. The molecule has 2 N–H and O–H groups in total. The number of hydrogen-bond acceptors (Lipinski definition) is 3. The van der Waals surface area contributed by atoms with Gasteiger partial charge < -0.3 is 5.32 Å². The molecule has 0 saturated heterocycles. The van der Waals surface area contributed by atoms with Crippen molar-refractivity contribution in [3.05, 3.63) is 0 Å². The summed E-state index contributed by atoms with van der Waals surface area (Å²) in [4.78, 5) is 0. The minimum atomic E-state index is -4.23. The van der Waals surface area contributed by atoms with Gasteiger partial charge in [-0.15, -0.1) is 0 Å². The number of hydrogen-bond donors (Lipinski definition) is 2. The summed E-state index contributed by atoms with van der Waals surface area (Å²) < 4.78 is 43.8. The van der Waals surface area contributed by atoms with E-state index in [1.807, 2.05) is 0 Å². The van der Waals surface area contributed by atoms with Crippen LogP contribution in [0.15, 0.2) is 0 Å². The molecule has 4 aliphatic carbocycles. The Morgan fingerprint density at radius 1 is 1.19 bits per heavy atom. The third-order valence-corrected chi connectivity index (χ3v) is 6.64. The summed E-state index contributed by atoms with van der Waals surface area (Å²) in [6.07, 6.45) is 4.58. The maximum atomic E-state index is 13.7. The highest BCUT2D eigenvalue weighted by molar-refractivity contribution is 7.85. The Labute approximate surface area is 126 Å². The van der Waals surface area contributed by atoms with Crippen molar-refractivity contribution < 1.29 is 17.4 Å². The van der Waals surface area contributed by atoms with Gasteiger partial charge in [-0.2, -0.15) is 8.42 Å². The molecule has 0 aromatic heterocycles. The molecule has 6 heteroatoms. The van der Waals surface area contributed by atoms with Gasteiger partial charge in [0.2, 0.25) is 0 Å². The van der Waals surface area contributed by atoms with Gasteiger partial charge in [-0.1, -0.05) is 13.8 Å². The molecule has 0 amide bonds. The highest BCUT2D eigenvalue weighted by Crippen LogP contribution is 2.64. The topological polar surface area (TPSA) is 66.4 Å². The smallest absolute Gasteiger partial charge is 0.267 e. The van der Waals surface area contributed by atoms with E-state index in [-0.39, 0.29) is 6.54 Å². The van der Waals surface area contributed by atoms with Crippen molar-refractivity contribution in [2.45, 2.75) is 58.2 Å². The zero-order valence-corrected chi connectivity index (χ0v) is 13.6. The molecule has 0 aromatic carbocycles. The Morgan fingerprint density at radius 3 is 2.10 bits per heavy atom. The predicted octanol–water partition coefficient (Wildman–Crippen LogP) is 2.41. The maximum Gasteiger partial charge on any atom is 0.267 e. The summed E-state index contributed by atoms with van der Waals surface area (Å²) in [7, 11) is -4.23. The van der Waals surface area contributed by atoms with Crippen molar-refractivity contribution >= 4 is 10.1 Å². The molecule has 1 atom stereocenters. The molecular weight excluding hydrogens is 293 g/mol. The van der Waals surface area contributed by atoms with Crippen molar-refractivity contribution in [2.24, 2.45) is 22.7 Å². The van der Waals surface area contributed by atoms with E-state index >= 15 is 0 Å². The van der Waals surface area contributed by atoms with E-state index < -0.39 is 22.0 Å². The number of halogens is 1. The first-order valence-corrected chi connectivity index (χ1v) is 9.51. The van der Waals surface area contributed by atoms with Gasteiger partial charge in [-0.05, 0) is 54.8 Å². The molecule has 0 radical (unpaired) electrons. The van der Waals surface area contributed by atoms with Gasteiger partial charge in [0.25, 0.3) is 10.1 Å². The summed E-state index contributed by atoms with van der Waals surface area (Å²) in [5.41, 5.74) is 0.893. The Bertz CT molecular complexity index is 485. The van der Waals surface area contributed by atoms with Crippen LogP contribution in [0.5, 0.6) is 0 Å². The third-order valence-electron chi connectivity index (χ3n) is 5.86. The lowest BCUT2D eigenvalue weighted by Gasteiger charge is -2.63. The van der Waals surface area contributed by atoms with Crippen molar-refractivity contribution in [1.82, 2.24) is 5.32 Å². The third kappa shape index (κ3) is 3.27. The van der Waals surface area contributed by atoms with E-state index in [4.69, 9.17) is 4.55 Å². The molecule has 4 bridgehead atoms. The minimum absolute atomic E-state index is 0.0187. The molecule has 0 aromatic rings. The summed E-state index contributed by atoms with van der Waals surface area (Å²) in [5, 5.41) is 3.27. The molecule has 4 aliphatic rings. The van der Waals surface area contributed by atoms with Gasteiger partial charge in [-0.25, -0.2) is 4.39 Å². The predicted molar refractivity (Wildman–Crippen MR) is 79.4 cm³/mol. The van der Waals surface area contributed by atoms with Gasteiger partial charge >= 0.3 is 0 Å². The monoisotopic (exact) mass is 319 g/mol. The quantitative estimate of drug-likeness (QED) is 0.764. The highest BCUT2D eigenvalue weighted by atomic mass is 32.2. The van der Waals surface area contributed by atoms with Crippen LogP contribution in [0.3, 0.4) is 0 Å². The van der Waals surface area contributed by atoms with E-state index in [1.165, 1.54) is 32.1 Å². The molecule has 4 nitrogen and oxygen atoms in total. The largest absolute Gasteiger partial charge is 0.311 e. The fourth-order valence-electron chi connectivity index (χ4n) is 5.94. The van der Waals surface area contributed by atoms with Crippen LogP contribution in [0.25, 0.3) is 0 Å². The second-order valence-electron chi connectivity index (χ2n) is 8.41. The number of alkyl halides is 1. The van der Waals surface area contributed by atoms with Gasteiger partial charge in [0.1, 0.15) is 11.9 Å². The Balaban J connectivity index is 1.61. The molecule has 4 fully saturated rings. The van der Waals surface area contributed by atoms with Crippen molar-refractivity contribution in [3.63, 3.8) is 0 Å². The average molecular weight is 319 g/mol. The zero-order valence-electron chi connectivity index (χ0n) is 12.8. The van der Waals surface area contributed by atoms with Crippen LogP contribution < -0.4 is 5.32 Å². The molecule has 4 rings (SSSR count). The lowest BCUT2D eigenvalue weighted by molar-refractivity contribution is -0.113. The second kappa shape index (κ2) is 4.90. The van der Waals surface area contributed by atoms with Gasteiger partial charge in [0.15, 0.2) is 0 Å². The van der Waals surface area contributed by atoms with Crippen LogP contribution in [0.1, 0.15) is 46.0 Å². The molecule has 0 aliphatic heterocycles.